The number of ether oxygens (including phenoxy) is 2. The predicted molar refractivity (Wildman–Crippen MR) is 130 cm³/mol. The molecule has 182 valence electrons. The SMILES string of the molecule is C=C(C)NC(=O)c1ccc(COc2cnc(N3CCN(C(=O)OC(C)(C)C)CC3)nc2)cc1C. The molecule has 1 N–H and O–H groups in total. The maximum Gasteiger partial charge on any atom is 0.410 e. The quantitative estimate of drug-likeness (QED) is 0.692. The first kappa shape index (κ1) is 25.0. The van der Waals surface area contributed by atoms with Crippen molar-refractivity contribution in [3.05, 3.63) is 59.6 Å². The third kappa shape index (κ3) is 6.94. The normalized spacial score (nSPS) is 13.9. The van der Waals surface area contributed by atoms with Crippen molar-refractivity contribution in [3.8, 4) is 5.75 Å². The van der Waals surface area contributed by atoms with Gasteiger partial charge in [-0.3, -0.25) is 4.79 Å². The molecular weight excluding hydrogens is 434 g/mol. The van der Waals surface area contributed by atoms with Gasteiger partial charge in [0.05, 0.1) is 12.4 Å². The van der Waals surface area contributed by atoms with Crippen LogP contribution in [0.4, 0.5) is 10.7 Å². The number of carbonyl (C=O) groups excluding carboxylic acids is 2. The Labute approximate surface area is 200 Å². The van der Waals surface area contributed by atoms with Gasteiger partial charge in [-0.05, 0) is 51.8 Å². The molecular formula is C25H33N5O4. The van der Waals surface area contributed by atoms with Gasteiger partial charge in [-0.1, -0.05) is 18.7 Å². The monoisotopic (exact) mass is 467 g/mol. The number of allylic oxidation sites excluding steroid dienone is 1. The summed E-state index contributed by atoms with van der Waals surface area (Å²) < 4.78 is 11.3. The summed E-state index contributed by atoms with van der Waals surface area (Å²) in [7, 11) is 0. The zero-order chi connectivity index (χ0) is 24.9. The van der Waals surface area contributed by atoms with Crippen LogP contribution in [-0.2, 0) is 11.3 Å². The van der Waals surface area contributed by atoms with Crippen molar-refractivity contribution >= 4 is 17.9 Å². The first-order valence-corrected chi connectivity index (χ1v) is 11.3. The Balaban J connectivity index is 1.51. The molecule has 34 heavy (non-hydrogen) atoms. The lowest BCUT2D eigenvalue weighted by molar-refractivity contribution is 0.0240. The van der Waals surface area contributed by atoms with Crippen LogP contribution in [-0.4, -0.2) is 58.6 Å². The molecule has 1 aliphatic heterocycles. The number of nitrogens with one attached hydrogen (secondary N) is 1. The second kappa shape index (κ2) is 10.5. The summed E-state index contributed by atoms with van der Waals surface area (Å²) in [4.78, 5) is 37.0. The van der Waals surface area contributed by atoms with Crippen LogP contribution in [0.5, 0.6) is 5.75 Å². The van der Waals surface area contributed by atoms with E-state index in [1.165, 1.54) is 0 Å². The lowest BCUT2D eigenvalue weighted by Gasteiger charge is -2.35. The lowest BCUT2D eigenvalue weighted by atomic mass is 10.0. The van der Waals surface area contributed by atoms with E-state index in [1.54, 1.807) is 30.3 Å². The van der Waals surface area contributed by atoms with E-state index in [-0.39, 0.29) is 12.0 Å². The average molecular weight is 468 g/mol. The van der Waals surface area contributed by atoms with Gasteiger partial charge >= 0.3 is 6.09 Å². The highest BCUT2D eigenvalue weighted by Gasteiger charge is 2.26. The number of anilines is 1. The Morgan fingerprint density at radius 3 is 2.32 bits per heavy atom. The second-order valence-corrected chi connectivity index (χ2v) is 9.35. The van der Waals surface area contributed by atoms with Crippen molar-refractivity contribution in [3.63, 3.8) is 0 Å². The van der Waals surface area contributed by atoms with Gasteiger partial charge in [-0.15, -0.1) is 0 Å². The highest BCUT2D eigenvalue weighted by Crippen LogP contribution is 2.18. The maximum absolute atomic E-state index is 12.2. The largest absolute Gasteiger partial charge is 0.486 e. The number of amides is 2. The smallest absolute Gasteiger partial charge is 0.410 e. The molecule has 2 heterocycles. The molecule has 1 saturated heterocycles. The van der Waals surface area contributed by atoms with Crippen molar-refractivity contribution in [2.24, 2.45) is 0 Å². The second-order valence-electron chi connectivity index (χ2n) is 9.35. The topological polar surface area (TPSA) is 96.9 Å². The van der Waals surface area contributed by atoms with E-state index in [0.717, 1.165) is 11.1 Å². The van der Waals surface area contributed by atoms with Crippen LogP contribution in [0.25, 0.3) is 0 Å². The predicted octanol–water partition coefficient (Wildman–Crippen LogP) is 3.68. The third-order valence-corrected chi connectivity index (χ3v) is 5.10. The zero-order valence-electron chi connectivity index (χ0n) is 20.6. The fraction of sp³-hybridized carbons (Fsp3) is 0.440. The molecule has 1 aromatic carbocycles. The van der Waals surface area contributed by atoms with Crippen LogP contribution in [0.15, 0.2) is 42.9 Å². The standard InChI is InChI=1S/C25H33N5O4/c1-17(2)28-22(31)21-8-7-19(13-18(21)3)16-33-20-14-26-23(27-15-20)29-9-11-30(12-10-29)24(32)34-25(4,5)6/h7-8,13-15H,1,9-12,16H2,2-6H3,(H,28,31). The molecule has 9 heteroatoms. The molecule has 1 aromatic heterocycles. The third-order valence-electron chi connectivity index (χ3n) is 5.10. The van der Waals surface area contributed by atoms with Crippen molar-refractivity contribution in [1.29, 1.82) is 0 Å². The van der Waals surface area contributed by atoms with Crippen LogP contribution in [0.2, 0.25) is 0 Å². The number of piperazine rings is 1. The summed E-state index contributed by atoms with van der Waals surface area (Å²) in [6.45, 7) is 15.6. The van der Waals surface area contributed by atoms with Crippen LogP contribution < -0.4 is 15.0 Å². The van der Waals surface area contributed by atoms with E-state index < -0.39 is 5.60 Å². The molecule has 1 fully saturated rings. The molecule has 0 saturated carbocycles. The minimum absolute atomic E-state index is 0.173. The number of hydrogen-bond acceptors (Lipinski definition) is 7. The molecule has 0 spiro atoms. The van der Waals surface area contributed by atoms with Gasteiger partial charge in [0.25, 0.3) is 5.91 Å². The first-order chi connectivity index (χ1) is 16.0. The summed E-state index contributed by atoms with van der Waals surface area (Å²) in [6.07, 6.45) is 2.99. The Bertz CT molecular complexity index is 1040. The van der Waals surface area contributed by atoms with Crippen LogP contribution >= 0.6 is 0 Å². The minimum Gasteiger partial charge on any atom is -0.486 e. The van der Waals surface area contributed by atoms with E-state index >= 15 is 0 Å². The van der Waals surface area contributed by atoms with Gasteiger partial charge in [0.1, 0.15) is 12.2 Å². The molecule has 2 aromatic rings. The molecule has 0 atom stereocenters. The van der Waals surface area contributed by atoms with Gasteiger partial charge in [0.15, 0.2) is 5.75 Å². The maximum atomic E-state index is 12.2. The van der Waals surface area contributed by atoms with Gasteiger partial charge in [0.2, 0.25) is 5.95 Å². The number of benzene rings is 1. The number of hydrogen-bond donors (Lipinski definition) is 1. The Morgan fingerprint density at radius 2 is 1.76 bits per heavy atom. The summed E-state index contributed by atoms with van der Waals surface area (Å²) in [5.74, 6) is 0.978. The number of aryl methyl sites for hydroxylation is 1. The molecule has 3 rings (SSSR count). The number of carbonyl (C=O) groups is 2. The lowest BCUT2D eigenvalue weighted by Crippen LogP contribution is -2.50. The molecule has 0 bridgehead atoms. The Hall–Kier alpha value is -3.62. The van der Waals surface area contributed by atoms with E-state index in [1.807, 2.05) is 44.7 Å². The van der Waals surface area contributed by atoms with Crippen LogP contribution in [0, 0.1) is 6.92 Å². The fourth-order valence-electron chi connectivity index (χ4n) is 3.46. The van der Waals surface area contributed by atoms with E-state index in [2.05, 4.69) is 21.9 Å². The van der Waals surface area contributed by atoms with Crippen molar-refractivity contribution in [1.82, 2.24) is 20.2 Å². The van der Waals surface area contributed by atoms with Crippen molar-refractivity contribution in [2.45, 2.75) is 46.8 Å². The van der Waals surface area contributed by atoms with Crippen molar-refractivity contribution in [2.75, 3.05) is 31.1 Å². The summed E-state index contributed by atoms with van der Waals surface area (Å²) in [5, 5.41) is 2.72. The molecule has 1 aliphatic rings. The summed E-state index contributed by atoms with van der Waals surface area (Å²) in [5.41, 5.74) is 2.49. The first-order valence-electron chi connectivity index (χ1n) is 11.3. The highest BCUT2D eigenvalue weighted by atomic mass is 16.6. The Kier molecular flexibility index (Phi) is 7.75. The number of nitrogens with zero attached hydrogens (tertiary/aromatic N) is 4. The van der Waals surface area contributed by atoms with Crippen LogP contribution in [0.3, 0.4) is 0 Å². The molecule has 2 amide bonds. The van der Waals surface area contributed by atoms with Gasteiger partial charge in [-0.2, -0.15) is 0 Å². The minimum atomic E-state index is -0.507. The molecule has 0 aliphatic carbocycles. The summed E-state index contributed by atoms with van der Waals surface area (Å²) >= 11 is 0. The average Bonchev–Trinajstić information content (AvgIpc) is 2.76. The number of rotatable bonds is 6. The van der Waals surface area contributed by atoms with E-state index in [0.29, 0.717) is 55.7 Å². The van der Waals surface area contributed by atoms with E-state index in [4.69, 9.17) is 9.47 Å². The number of aromatic nitrogens is 2. The summed E-state index contributed by atoms with van der Waals surface area (Å²) in [6, 6.07) is 5.56. The molecule has 0 unspecified atom stereocenters. The van der Waals surface area contributed by atoms with Gasteiger partial charge < -0.3 is 24.6 Å². The zero-order valence-corrected chi connectivity index (χ0v) is 20.6. The Morgan fingerprint density at radius 1 is 1.12 bits per heavy atom. The molecule has 9 nitrogen and oxygen atoms in total. The fourth-order valence-corrected chi connectivity index (χ4v) is 3.46. The van der Waals surface area contributed by atoms with Gasteiger partial charge in [0, 0.05) is 37.4 Å². The van der Waals surface area contributed by atoms with E-state index in [9.17, 15) is 9.59 Å². The van der Waals surface area contributed by atoms with Crippen LogP contribution in [0.1, 0.15) is 49.2 Å². The van der Waals surface area contributed by atoms with Gasteiger partial charge in [-0.25, -0.2) is 14.8 Å². The van der Waals surface area contributed by atoms with Crippen molar-refractivity contribution < 1.29 is 19.1 Å². The molecule has 0 radical (unpaired) electrons. The highest BCUT2D eigenvalue weighted by molar-refractivity contribution is 5.96.